The van der Waals surface area contributed by atoms with Crippen LogP contribution in [0.3, 0.4) is 0 Å². The topological polar surface area (TPSA) is 51.0 Å². The fourth-order valence-electron chi connectivity index (χ4n) is 2.83. The molecule has 0 spiro atoms. The highest BCUT2D eigenvalue weighted by Gasteiger charge is 2.37. The summed E-state index contributed by atoms with van der Waals surface area (Å²) in [4.78, 5) is 4.63. The second-order valence-corrected chi connectivity index (χ2v) is 5.43. The highest BCUT2D eigenvalue weighted by Crippen LogP contribution is 2.34. The van der Waals surface area contributed by atoms with E-state index in [0.717, 1.165) is 31.2 Å². The summed E-state index contributed by atoms with van der Waals surface area (Å²) in [5, 5.41) is 7.54. The van der Waals surface area contributed by atoms with Crippen molar-refractivity contribution in [2.75, 3.05) is 13.1 Å². The van der Waals surface area contributed by atoms with E-state index in [1.165, 1.54) is 25.7 Å². The number of nitrogens with one attached hydrogen (secondary N) is 1. The molecule has 0 amide bonds. The Morgan fingerprint density at radius 1 is 1.35 bits per heavy atom. The molecule has 1 aliphatic heterocycles. The maximum absolute atomic E-state index is 5.46. The quantitative estimate of drug-likeness (QED) is 0.884. The Hall–Kier alpha value is -0.610. The summed E-state index contributed by atoms with van der Waals surface area (Å²) in [6.07, 6.45) is 6.18. The third kappa shape index (κ3) is 2.33. The summed E-state index contributed by atoms with van der Waals surface area (Å²) >= 11 is 0. The molecule has 1 aliphatic carbocycles. The van der Waals surface area contributed by atoms with E-state index in [1.807, 2.05) is 0 Å². The summed E-state index contributed by atoms with van der Waals surface area (Å²) in [6.45, 7) is 4.22. The van der Waals surface area contributed by atoms with Gasteiger partial charge in [-0.2, -0.15) is 4.98 Å². The normalized spacial score (nSPS) is 29.5. The molecule has 1 aromatic heterocycles. The number of rotatable bonds is 2. The first-order chi connectivity index (χ1) is 7.78. The van der Waals surface area contributed by atoms with Gasteiger partial charge in [-0.15, -0.1) is 12.4 Å². The smallest absolute Gasteiger partial charge is 0.233 e. The van der Waals surface area contributed by atoms with Gasteiger partial charge >= 0.3 is 0 Å². The Bertz CT molecular complexity index is 368. The van der Waals surface area contributed by atoms with Crippen LogP contribution in [0.15, 0.2) is 4.52 Å². The minimum Gasteiger partial charge on any atom is -0.339 e. The average Bonchev–Trinajstić information content (AvgIpc) is 2.98. The molecule has 2 heterocycles. The van der Waals surface area contributed by atoms with Gasteiger partial charge in [-0.3, -0.25) is 0 Å². The van der Waals surface area contributed by atoms with Crippen LogP contribution in [0.25, 0.3) is 0 Å². The maximum Gasteiger partial charge on any atom is 0.233 e. The van der Waals surface area contributed by atoms with E-state index in [9.17, 15) is 0 Å². The molecular formula is C12H20ClN3O. The standard InChI is InChI=1S/C12H19N3O.ClH/c1-12(6-7-13-8-12)11-14-10(15-16-11)9-4-2-3-5-9;/h9,13H,2-8H2,1H3;1H. The van der Waals surface area contributed by atoms with Crippen LogP contribution < -0.4 is 5.32 Å². The lowest BCUT2D eigenvalue weighted by Gasteiger charge is -2.16. The number of hydrogen-bond donors (Lipinski definition) is 1. The summed E-state index contributed by atoms with van der Waals surface area (Å²) in [7, 11) is 0. The molecule has 1 aromatic rings. The molecule has 5 heteroatoms. The average molecular weight is 258 g/mol. The Morgan fingerprint density at radius 3 is 2.76 bits per heavy atom. The van der Waals surface area contributed by atoms with E-state index >= 15 is 0 Å². The predicted octanol–water partition coefficient (Wildman–Crippen LogP) is 2.40. The third-order valence-electron chi connectivity index (χ3n) is 4.05. The molecule has 4 nitrogen and oxygen atoms in total. The minimum absolute atomic E-state index is 0. The van der Waals surface area contributed by atoms with Gasteiger partial charge in [0.15, 0.2) is 5.82 Å². The first-order valence-electron chi connectivity index (χ1n) is 6.33. The molecule has 3 rings (SSSR count). The number of aromatic nitrogens is 2. The maximum atomic E-state index is 5.46. The second kappa shape index (κ2) is 4.94. The Labute approximate surface area is 108 Å². The summed E-state index contributed by atoms with van der Waals surface area (Å²) in [5.74, 6) is 2.33. The van der Waals surface area contributed by atoms with Crippen molar-refractivity contribution in [2.45, 2.75) is 50.4 Å². The van der Waals surface area contributed by atoms with Crippen molar-refractivity contribution in [3.8, 4) is 0 Å². The molecule has 1 N–H and O–H groups in total. The predicted molar refractivity (Wildman–Crippen MR) is 67.6 cm³/mol. The first-order valence-corrected chi connectivity index (χ1v) is 6.33. The molecule has 1 atom stereocenters. The Morgan fingerprint density at radius 2 is 2.12 bits per heavy atom. The van der Waals surface area contributed by atoms with Gasteiger partial charge in [0.25, 0.3) is 0 Å². The van der Waals surface area contributed by atoms with Gasteiger partial charge in [-0.1, -0.05) is 18.0 Å². The van der Waals surface area contributed by atoms with Crippen LogP contribution in [-0.4, -0.2) is 23.2 Å². The van der Waals surface area contributed by atoms with Crippen molar-refractivity contribution < 1.29 is 4.52 Å². The highest BCUT2D eigenvalue weighted by molar-refractivity contribution is 5.85. The molecular weight excluding hydrogens is 238 g/mol. The van der Waals surface area contributed by atoms with Gasteiger partial charge < -0.3 is 9.84 Å². The number of halogens is 1. The summed E-state index contributed by atoms with van der Waals surface area (Å²) in [5.41, 5.74) is 0.0594. The van der Waals surface area contributed by atoms with Crippen molar-refractivity contribution in [2.24, 2.45) is 0 Å². The lowest BCUT2D eigenvalue weighted by molar-refractivity contribution is 0.303. The Balaban J connectivity index is 0.00000108. The van der Waals surface area contributed by atoms with E-state index in [4.69, 9.17) is 4.52 Å². The van der Waals surface area contributed by atoms with Crippen molar-refractivity contribution in [3.05, 3.63) is 11.7 Å². The monoisotopic (exact) mass is 257 g/mol. The molecule has 0 bridgehead atoms. The molecule has 2 aliphatic rings. The zero-order valence-corrected chi connectivity index (χ0v) is 11.1. The van der Waals surface area contributed by atoms with Crippen LogP contribution in [-0.2, 0) is 5.41 Å². The van der Waals surface area contributed by atoms with Crippen molar-refractivity contribution in [1.29, 1.82) is 0 Å². The third-order valence-corrected chi connectivity index (χ3v) is 4.05. The summed E-state index contributed by atoms with van der Waals surface area (Å²) < 4.78 is 5.46. The van der Waals surface area contributed by atoms with E-state index in [1.54, 1.807) is 0 Å². The van der Waals surface area contributed by atoms with Crippen molar-refractivity contribution in [1.82, 2.24) is 15.5 Å². The van der Waals surface area contributed by atoms with Crippen LogP contribution in [0.2, 0.25) is 0 Å². The fourth-order valence-corrected chi connectivity index (χ4v) is 2.83. The van der Waals surface area contributed by atoms with Gasteiger partial charge in [0, 0.05) is 12.5 Å². The molecule has 17 heavy (non-hydrogen) atoms. The van der Waals surface area contributed by atoms with Gasteiger partial charge in [0.05, 0.1) is 5.41 Å². The van der Waals surface area contributed by atoms with Gasteiger partial charge in [0.2, 0.25) is 5.89 Å². The second-order valence-electron chi connectivity index (χ2n) is 5.43. The van der Waals surface area contributed by atoms with Crippen LogP contribution in [0.5, 0.6) is 0 Å². The van der Waals surface area contributed by atoms with E-state index < -0.39 is 0 Å². The van der Waals surface area contributed by atoms with Crippen LogP contribution >= 0.6 is 12.4 Å². The summed E-state index contributed by atoms with van der Waals surface area (Å²) in [6, 6.07) is 0. The largest absolute Gasteiger partial charge is 0.339 e. The number of hydrogen-bond acceptors (Lipinski definition) is 4. The van der Waals surface area contributed by atoms with Crippen molar-refractivity contribution in [3.63, 3.8) is 0 Å². The molecule has 1 unspecified atom stereocenters. The van der Waals surface area contributed by atoms with E-state index in [-0.39, 0.29) is 17.8 Å². The van der Waals surface area contributed by atoms with Crippen molar-refractivity contribution >= 4 is 12.4 Å². The SMILES string of the molecule is CC1(c2nc(C3CCCC3)no2)CCNC1.Cl. The van der Waals surface area contributed by atoms with Crippen LogP contribution in [0, 0.1) is 0 Å². The van der Waals surface area contributed by atoms with E-state index in [0.29, 0.717) is 5.92 Å². The van der Waals surface area contributed by atoms with Gasteiger partial charge in [0.1, 0.15) is 0 Å². The molecule has 1 saturated heterocycles. The molecule has 2 fully saturated rings. The van der Waals surface area contributed by atoms with Crippen LogP contribution in [0.1, 0.15) is 56.7 Å². The zero-order valence-electron chi connectivity index (χ0n) is 10.2. The van der Waals surface area contributed by atoms with Gasteiger partial charge in [-0.05, 0) is 32.7 Å². The zero-order chi connectivity index (χ0) is 11.0. The minimum atomic E-state index is 0. The van der Waals surface area contributed by atoms with Crippen LogP contribution in [0.4, 0.5) is 0 Å². The molecule has 0 radical (unpaired) electrons. The lowest BCUT2D eigenvalue weighted by Crippen LogP contribution is -2.25. The van der Waals surface area contributed by atoms with Gasteiger partial charge in [-0.25, -0.2) is 0 Å². The first kappa shape index (κ1) is 12.8. The molecule has 96 valence electrons. The Kier molecular flexibility index (Phi) is 3.73. The van der Waals surface area contributed by atoms with E-state index in [2.05, 4.69) is 22.4 Å². The highest BCUT2D eigenvalue weighted by atomic mass is 35.5. The molecule has 0 aromatic carbocycles. The lowest BCUT2D eigenvalue weighted by atomic mass is 9.90. The molecule has 1 saturated carbocycles. The number of nitrogens with zero attached hydrogens (tertiary/aromatic N) is 2. The fraction of sp³-hybridized carbons (Fsp3) is 0.833.